The Kier molecular flexibility index (Phi) is 5.92. The molecule has 150 valence electrons. The number of benzene rings is 2. The van der Waals surface area contributed by atoms with Gasteiger partial charge in [0.25, 0.3) is 0 Å². The van der Waals surface area contributed by atoms with Crippen LogP contribution in [0.25, 0.3) is 0 Å². The summed E-state index contributed by atoms with van der Waals surface area (Å²) in [6, 6.07) is 9.29. The molecule has 7 nitrogen and oxygen atoms in total. The second-order valence-corrected chi connectivity index (χ2v) is 8.04. The molecule has 2 aromatic rings. The molecule has 0 aromatic heterocycles. The maximum atomic E-state index is 13.6. The molecular weight excluding hydrogens is 390 g/mol. The molecule has 0 spiro atoms. The maximum Gasteiger partial charge on any atom is 0.238 e. The monoisotopic (exact) mass is 410 g/mol. The molecule has 3 N–H and O–H groups in total. The molecule has 0 bridgehead atoms. The number of carbonyl (C=O) groups excluding carboxylic acids is 1. The minimum absolute atomic E-state index is 0.0552. The zero-order chi connectivity index (χ0) is 20.3. The van der Waals surface area contributed by atoms with Crippen LogP contribution in [0.2, 0.25) is 0 Å². The molecule has 10 heteroatoms. The number of nitrogens with two attached hydrogens (primary N) is 1. The molecule has 0 atom stereocenters. The van der Waals surface area contributed by atoms with E-state index in [2.05, 4.69) is 10.2 Å². The Bertz CT molecular complexity index is 959. The molecule has 0 saturated carbocycles. The van der Waals surface area contributed by atoms with Crippen LogP contribution in [0.3, 0.4) is 0 Å². The minimum atomic E-state index is -3.72. The number of rotatable bonds is 5. The second kappa shape index (κ2) is 8.21. The lowest BCUT2D eigenvalue weighted by molar-refractivity contribution is -0.117. The third-order valence-corrected chi connectivity index (χ3v) is 5.40. The number of nitrogens with zero attached hydrogens (tertiary/aromatic N) is 2. The van der Waals surface area contributed by atoms with Crippen molar-refractivity contribution in [1.29, 1.82) is 0 Å². The number of nitrogens with one attached hydrogen (secondary N) is 1. The smallest absolute Gasteiger partial charge is 0.238 e. The molecule has 0 radical (unpaired) electrons. The Balaban J connectivity index is 1.51. The van der Waals surface area contributed by atoms with Gasteiger partial charge in [0, 0.05) is 37.9 Å². The van der Waals surface area contributed by atoms with Gasteiger partial charge in [-0.2, -0.15) is 0 Å². The standard InChI is InChI=1S/C18H20F2N4O3S/c19-13-1-6-17(16(20)11-13)22-18(25)12-23-7-9-24(10-8-23)14-2-4-15(5-3-14)28(21,26)27/h1-6,11H,7-10,12H2,(H,22,25)(H2,21,26,27). The van der Waals surface area contributed by atoms with Gasteiger partial charge in [0.05, 0.1) is 17.1 Å². The number of anilines is 2. The summed E-state index contributed by atoms with van der Waals surface area (Å²) in [6.07, 6.45) is 0. The fraction of sp³-hybridized carbons (Fsp3) is 0.278. The van der Waals surface area contributed by atoms with Crippen LogP contribution in [0.15, 0.2) is 47.4 Å². The predicted molar refractivity (Wildman–Crippen MR) is 101 cm³/mol. The average molecular weight is 410 g/mol. The van der Waals surface area contributed by atoms with Gasteiger partial charge < -0.3 is 10.2 Å². The molecule has 28 heavy (non-hydrogen) atoms. The lowest BCUT2D eigenvalue weighted by atomic mass is 10.2. The van der Waals surface area contributed by atoms with Crippen molar-refractivity contribution in [2.75, 3.05) is 42.9 Å². The Morgan fingerprint density at radius 1 is 1.04 bits per heavy atom. The zero-order valence-electron chi connectivity index (χ0n) is 14.9. The van der Waals surface area contributed by atoms with Crippen molar-refractivity contribution in [1.82, 2.24) is 4.90 Å². The molecule has 2 aromatic carbocycles. The van der Waals surface area contributed by atoms with E-state index < -0.39 is 21.7 Å². The number of piperazine rings is 1. The highest BCUT2D eigenvalue weighted by Crippen LogP contribution is 2.19. The number of hydrogen-bond donors (Lipinski definition) is 2. The molecule has 1 amide bonds. The topological polar surface area (TPSA) is 95.7 Å². The van der Waals surface area contributed by atoms with E-state index in [1.54, 1.807) is 12.1 Å². The number of halogens is 2. The summed E-state index contributed by atoms with van der Waals surface area (Å²) in [7, 11) is -3.72. The molecule has 0 unspecified atom stereocenters. The minimum Gasteiger partial charge on any atom is -0.369 e. The third-order valence-electron chi connectivity index (χ3n) is 4.48. The van der Waals surface area contributed by atoms with Crippen molar-refractivity contribution >= 4 is 27.3 Å². The van der Waals surface area contributed by atoms with Gasteiger partial charge in [0.2, 0.25) is 15.9 Å². The first-order chi connectivity index (χ1) is 13.2. The van der Waals surface area contributed by atoms with Gasteiger partial charge in [-0.15, -0.1) is 0 Å². The zero-order valence-corrected chi connectivity index (χ0v) is 15.8. The molecule has 1 heterocycles. The largest absolute Gasteiger partial charge is 0.369 e. The third kappa shape index (κ3) is 5.03. The van der Waals surface area contributed by atoms with Crippen LogP contribution in [0.5, 0.6) is 0 Å². The quantitative estimate of drug-likeness (QED) is 0.776. The summed E-state index contributed by atoms with van der Waals surface area (Å²) in [4.78, 5) is 16.2. The normalized spacial score (nSPS) is 15.5. The number of carbonyl (C=O) groups is 1. The van der Waals surface area contributed by atoms with Crippen molar-refractivity contribution in [3.63, 3.8) is 0 Å². The summed E-state index contributed by atoms with van der Waals surface area (Å²) in [6.45, 7) is 2.60. The van der Waals surface area contributed by atoms with Gasteiger partial charge in [0.1, 0.15) is 11.6 Å². The van der Waals surface area contributed by atoms with Crippen LogP contribution < -0.4 is 15.4 Å². The van der Waals surface area contributed by atoms with Gasteiger partial charge >= 0.3 is 0 Å². The van der Waals surface area contributed by atoms with Crippen molar-refractivity contribution in [2.24, 2.45) is 5.14 Å². The molecule has 1 fully saturated rings. The first-order valence-corrected chi connectivity index (χ1v) is 10.1. The van der Waals surface area contributed by atoms with Crippen LogP contribution in [-0.2, 0) is 14.8 Å². The molecular formula is C18H20F2N4O3S. The van der Waals surface area contributed by atoms with Crippen molar-refractivity contribution in [2.45, 2.75) is 4.90 Å². The number of amides is 1. The molecule has 1 aliphatic heterocycles. The number of primary sulfonamides is 1. The van der Waals surface area contributed by atoms with E-state index in [1.165, 1.54) is 18.2 Å². The van der Waals surface area contributed by atoms with Crippen LogP contribution in [0.1, 0.15) is 0 Å². The van der Waals surface area contributed by atoms with Crippen LogP contribution in [0.4, 0.5) is 20.2 Å². The van der Waals surface area contributed by atoms with Gasteiger partial charge in [0.15, 0.2) is 0 Å². The van der Waals surface area contributed by atoms with E-state index in [4.69, 9.17) is 5.14 Å². The second-order valence-electron chi connectivity index (χ2n) is 6.47. The molecule has 3 rings (SSSR count). The summed E-state index contributed by atoms with van der Waals surface area (Å²) in [5.74, 6) is -1.90. The Labute approximate surface area is 161 Å². The Morgan fingerprint density at radius 2 is 1.68 bits per heavy atom. The van der Waals surface area contributed by atoms with Crippen LogP contribution in [-0.4, -0.2) is 51.9 Å². The highest BCUT2D eigenvalue weighted by atomic mass is 32.2. The van der Waals surface area contributed by atoms with E-state index in [0.29, 0.717) is 26.2 Å². The van der Waals surface area contributed by atoms with E-state index in [9.17, 15) is 22.0 Å². The van der Waals surface area contributed by atoms with E-state index in [1.807, 2.05) is 4.90 Å². The number of hydrogen-bond acceptors (Lipinski definition) is 5. The van der Waals surface area contributed by atoms with E-state index >= 15 is 0 Å². The van der Waals surface area contributed by atoms with Gasteiger partial charge in [-0.3, -0.25) is 9.69 Å². The summed E-state index contributed by atoms with van der Waals surface area (Å²) in [5.41, 5.74) is 0.810. The first-order valence-electron chi connectivity index (χ1n) is 8.57. The fourth-order valence-corrected chi connectivity index (χ4v) is 3.51. The van der Waals surface area contributed by atoms with Gasteiger partial charge in [-0.25, -0.2) is 22.3 Å². The van der Waals surface area contributed by atoms with Crippen molar-refractivity contribution in [3.8, 4) is 0 Å². The highest BCUT2D eigenvalue weighted by Gasteiger charge is 2.20. The average Bonchev–Trinajstić information content (AvgIpc) is 2.64. The van der Waals surface area contributed by atoms with E-state index in [0.717, 1.165) is 17.8 Å². The molecule has 1 saturated heterocycles. The fourth-order valence-electron chi connectivity index (χ4n) is 2.99. The highest BCUT2D eigenvalue weighted by molar-refractivity contribution is 7.89. The van der Waals surface area contributed by atoms with Crippen molar-refractivity contribution in [3.05, 3.63) is 54.1 Å². The first kappa shape index (κ1) is 20.2. The molecule has 0 aliphatic carbocycles. The molecule has 1 aliphatic rings. The lowest BCUT2D eigenvalue weighted by Crippen LogP contribution is -2.48. The summed E-state index contributed by atoms with van der Waals surface area (Å²) < 4.78 is 49.1. The summed E-state index contributed by atoms with van der Waals surface area (Å²) in [5, 5.41) is 7.54. The van der Waals surface area contributed by atoms with Crippen LogP contribution >= 0.6 is 0 Å². The SMILES string of the molecule is NS(=O)(=O)c1ccc(N2CCN(CC(=O)Nc3ccc(F)cc3F)CC2)cc1. The lowest BCUT2D eigenvalue weighted by Gasteiger charge is -2.35. The summed E-state index contributed by atoms with van der Waals surface area (Å²) >= 11 is 0. The van der Waals surface area contributed by atoms with Crippen LogP contribution in [0, 0.1) is 11.6 Å². The number of sulfonamides is 1. The van der Waals surface area contributed by atoms with Gasteiger partial charge in [-0.1, -0.05) is 0 Å². The van der Waals surface area contributed by atoms with E-state index in [-0.39, 0.29) is 23.0 Å². The van der Waals surface area contributed by atoms with Gasteiger partial charge in [-0.05, 0) is 36.4 Å². The Hall–Kier alpha value is -2.56. The maximum absolute atomic E-state index is 13.6. The van der Waals surface area contributed by atoms with Crippen molar-refractivity contribution < 1.29 is 22.0 Å². The predicted octanol–water partition coefficient (Wildman–Crippen LogP) is 1.37. The Morgan fingerprint density at radius 3 is 2.25 bits per heavy atom.